The molecule has 5 rings (SSSR count). The van der Waals surface area contributed by atoms with Crippen molar-refractivity contribution in [1.82, 2.24) is 0 Å². The summed E-state index contributed by atoms with van der Waals surface area (Å²) in [5, 5.41) is 2.57. The molecule has 3 nitrogen and oxygen atoms in total. The summed E-state index contributed by atoms with van der Waals surface area (Å²) >= 11 is 0. The standard InChI is InChI=1S/C43H60O3Si/c1-30(2)37-26-27-43(9)40(37)25-22-34(39-24-21-32(4)38(39)23-20-31(3)28-41(43)46-33(5)44)29-45-47(42(6,7)8,35-16-12-10-13-17-35)36-18-14-11-15-19-36/h10-19,22,24,28,30,32,37-38,40-41H,20-21,23,25-27,29H2,1-9H3/b31-28+,34-22+/t32-,37+,38-,40-,41+,43-/m0/s1. The second kappa shape index (κ2) is 14.4. The van der Waals surface area contributed by atoms with Crippen molar-refractivity contribution in [2.45, 2.75) is 112 Å². The quantitative estimate of drug-likeness (QED) is 0.170. The summed E-state index contributed by atoms with van der Waals surface area (Å²) in [6.07, 6.45) is 13.7. The topological polar surface area (TPSA) is 35.5 Å². The van der Waals surface area contributed by atoms with Gasteiger partial charge in [-0.25, -0.2) is 0 Å². The summed E-state index contributed by atoms with van der Waals surface area (Å²) in [5.74, 6) is 2.48. The Morgan fingerprint density at radius 2 is 1.57 bits per heavy atom. The van der Waals surface area contributed by atoms with Gasteiger partial charge in [0.2, 0.25) is 0 Å². The lowest BCUT2D eigenvalue weighted by atomic mass is 9.68. The monoisotopic (exact) mass is 652 g/mol. The second-order valence-electron chi connectivity index (χ2n) is 16.5. The molecule has 2 aromatic carbocycles. The van der Waals surface area contributed by atoms with E-state index in [1.807, 2.05) is 0 Å². The van der Waals surface area contributed by atoms with Gasteiger partial charge in [-0.3, -0.25) is 4.79 Å². The van der Waals surface area contributed by atoms with Crippen molar-refractivity contribution < 1.29 is 14.0 Å². The van der Waals surface area contributed by atoms with Gasteiger partial charge in [-0.15, -0.1) is 0 Å². The minimum absolute atomic E-state index is 0.0790. The number of rotatable bonds is 7. The normalized spacial score (nSPS) is 30.9. The fraction of sp³-hybridized carbons (Fsp3) is 0.558. The third-order valence-corrected chi connectivity index (χ3v) is 17.1. The SMILES string of the molecule is CC(=O)O[C@@H]1/C=C(\C)CC[C@@H]2C(=CC[C@@H]2C)/C(CO[Si](c2ccccc2)(c2ccccc2)C(C)(C)C)=C/C[C@H]2[C@@H](C(C)C)CC[C@]12C. The molecule has 0 aliphatic heterocycles. The molecule has 2 aromatic rings. The number of allylic oxidation sites excluding steroid dienone is 3. The molecule has 0 bridgehead atoms. The zero-order chi connectivity index (χ0) is 34.0. The average molecular weight is 653 g/mol. The van der Waals surface area contributed by atoms with Crippen molar-refractivity contribution in [3.8, 4) is 0 Å². The van der Waals surface area contributed by atoms with Crippen LogP contribution in [-0.2, 0) is 14.0 Å². The maximum Gasteiger partial charge on any atom is 0.303 e. The van der Waals surface area contributed by atoms with Crippen molar-refractivity contribution >= 4 is 24.7 Å². The van der Waals surface area contributed by atoms with Crippen LogP contribution in [0.3, 0.4) is 0 Å². The Labute approximate surface area is 287 Å². The molecule has 254 valence electrons. The molecule has 1 fully saturated rings. The predicted molar refractivity (Wildman–Crippen MR) is 199 cm³/mol. The first-order chi connectivity index (χ1) is 22.3. The van der Waals surface area contributed by atoms with Crippen LogP contribution in [0.1, 0.15) is 101 Å². The van der Waals surface area contributed by atoms with Crippen molar-refractivity contribution in [3.63, 3.8) is 0 Å². The Kier molecular flexibility index (Phi) is 10.9. The Balaban J connectivity index is 1.62. The molecule has 1 saturated carbocycles. The van der Waals surface area contributed by atoms with Gasteiger partial charge in [0.1, 0.15) is 6.10 Å². The number of hydrogen-bond donors (Lipinski definition) is 0. The Bertz CT molecular complexity index is 1420. The molecule has 3 aliphatic carbocycles. The van der Waals surface area contributed by atoms with E-state index in [1.54, 1.807) is 6.92 Å². The summed E-state index contributed by atoms with van der Waals surface area (Å²) < 4.78 is 13.8. The first-order valence-electron chi connectivity index (χ1n) is 18.3. The Hall–Kier alpha value is -2.69. The van der Waals surface area contributed by atoms with E-state index in [0.29, 0.717) is 36.2 Å². The van der Waals surface area contributed by atoms with Crippen LogP contribution in [0.5, 0.6) is 0 Å². The van der Waals surface area contributed by atoms with E-state index in [9.17, 15) is 4.79 Å². The van der Waals surface area contributed by atoms with Gasteiger partial charge in [-0.1, -0.05) is 127 Å². The average Bonchev–Trinajstić information content (AvgIpc) is 3.56. The van der Waals surface area contributed by atoms with Gasteiger partial charge in [0.15, 0.2) is 0 Å². The fourth-order valence-corrected chi connectivity index (χ4v) is 14.0. The lowest BCUT2D eigenvalue weighted by molar-refractivity contribution is -0.151. The zero-order valence-corrected chi connectivity index (χ0v) is 31.6. The fourth-order valence-electron chi connectivity index (χ4n) is 9.43. The van der Waals surface area contributed by atoms with Gasteiger partial charge in [-0.2, -0.15) is 0 Å². The Morgan fingerprint density at radius 3 is 2.13 bits per heavy atom. The number of carbonyl (C=O) groups is 1. The van der Waals surface area contributed by atoms with Crippen LogP contribution in [0, 0.1) is 35.0 Å². The third-order valence-electron chi connectivity index (χ3n) is 12.1. The highest BCUT2D eigenvalue weighted by Gasteiger charge is 2.52. The summed E-state index contributed by atoms with van der Waals surface area (Å²) in [6, 6.07) is 22.1. The Morgan fingerprint density at radius 1 is 0.957 bits per heavy atom. The van der Waals surface area contributed by atoms with Gasteiger partial charge in [0.05, 0.1) is 6.61 Å². The molecule has 0 aromatic heterocycles. The lowest BCUT2D eigenvalue weighted by Crippen LogP contribution is -2.66. The molecule has 0 saturated heterocycles. The van der Waals surface area contributed by atoms with E-state index in [-0.39, 0.29) is 22.5 Å². The highest BCUT2D eigenvalue weighted by atomic mass is 28.4. The molecular weight excluding hydrogens is 593 g/mol. The smallest absolute Gasteiger partial charge is 0.303 e. The molecule has 47 heavy (non-hydrogen) atoms. The molecule has 0 radical (unpaired) electrons. The van der Waals surface area contributed by atoms with Crippen molar-refractivity contribution in [2.24, 2.45) is 35.0 Å². The van der Waals surface area contributed by atoms with Gasteiger partial charge >= 0.3 is 5.97 Å². The van der Waals surface area contributed by atoms with Gasteiger partial charge in [0.25, 0.3) is 8.32 Å². The van der Waals surface area contributed by atoms with Crippen LogP contribution >= 0.6 is 0 Å². The molecule has 0 spiro atoms. The molecule has 0 N–H and O–H groups in total. The van der Waals surface area contributed by atoms with Gasteiger partial charge < -0.3 is 9.16 Å². The summed E-state index contributed by atoms with van der Waals surface area (Å²) in [7, 11) is -2.71. The number of fused-ring (bicyclic) bond motifs is 2. The molecular formula is C43H60O3Si. The zero-order valence-electron chi connectivity index (χ0n) is 30.6. The maximum absolute atomic E-state index is 12.5. The highest BCUT2D eigenvalue weighted by Crippen LogP contribution is 2.55. The summed E-state index contributed by atoms with van der Waals surface area (Å²) in [6.45, 7) is 21.1. The van der Waals surface area contributed by atoms with Crippen LogP contribution in [-0.4, -0.2) is 27.0 Å². The van der Waals surface area contributed by atoms with E-state index in [4.69, 9.17) is 9.16 Å². The highest BCUT2D eigenvalue weighted by molar-refractivity contribution is 6.99. The van der Waals surface area contributed by atoms with Crippen LogP contribution < -0.4 is 10.4 Å². The van der Waals surface area contributed by atoms with Crippen LogP contribution in [0.2, 0.25) is 5.04 Å². The second-order valence-corrected chi connectivity index (χ2v) is 20.8. The number of carbonyl (C=O) groups excluding carboxylic acids is 1. The van der Waals surface area contributed by atoms with Crippen molar-refractivity contribution in [3.05, 3.63) is 95.6 Å². The van der Waals surface area contributed by atoms with Crippen molar-refractivity contribution in [2.75, 3.05) is 6.61 Å². The molecule has 0 unspecified atom stereocenters. The van der Waals surface area contributed by atoms with Gasteiger partial charge in [-0.05, 0) is 108 Å². The predicted octanol–water partition coefficient (Wildman–Crippen LogP) is 9.82. The van der Waals surface area contributed by atoms with E-state index in [2.05, 4.69) is 134 Å². The number of ether oxygens (including phenoxy) is 1. The van der Waals surface area contributed by atoms with Crippen LogP contribution in [0.15, 0.2) is 95.6 Å². The lowest BCUT2D eigenvalue weighted by Gasteiger charge is -2.43. The minimum Gasteiger partial charge on any atom is -0.458 e. The minimum atomic E-state index is -2.71. The maximum atomic E-state index is 12.5. The van der Waals surface area contributed by atoms with E-state index in [0.717, 1.165) is 32.1 Å². The third kappa shape index (κ3) is 7.20. The summed E-state index contributed by atoms with van der Waals surface area (Å²) in [5.41, 5.74) is 4.13. The largest absolute Gasteiger partial charge is 0.458 e. The summed E-state index contributed by atoms with van der Waals surface area (Å²) in [4.78, 5) is 12.5. The molecule has 0 amide bonds. The first-order valence-corrected chi connectivity index (χ1v) is 20.2. The first kappa shape index (κ1) is 35.6. The van der Waals surface area contributed by atoms with Crippen LogP contribution in [0.4, 0.5) is 0 Å². The van der Waals surface area contributed by atoms with E-state index in [1.165, 1.54) is 33.5 Å². The van der Waals surface area contributed by atoms with E-state index >= 15 is 0 Å². The van der Waals surface area contributed by atoms with Crippen molar-refractivity contribution in [1.29, 1.82) is 0 Å². The molecule has 6 atom stereocenters. The molecule has 0 heterocycles. The van der Waals surface area contributed by atoms with E-state index < -0.39 is 8.32 Å². The number of benzene rings is 2. The number of esters is 1. The van der Waals surface area contributed by atoms with Crippen LogP contribution in [0.25, 0.3) is 0 Å². The van der Waals surface area contributed by atoms with Gasteiger partial charge in [0, 0.05) is 12.3 Å². The molecule has 4 heteroatoms. The number of hydrogen-bond acceptors (Lipinski definition) is 3. The molecule has 3 aliphatic rings.